The van der Waals surface area contributed by atoms with Gasteiger partial charge in [0.2, 0.25) is 0 Å². The maximum absolute atomic E-state index is 13.4. The van der Waals surface area contributed by atoms with E-state index in [9.17, 15) is 35.9 Å². The molecule has 2 amide bonds. The first kappa shape index (κ1) is 29.5. The van der Waals surface area contributed by atoms with Crippen molar-refractivity contribution in [3.05, 3.63) is 53.5 Å². The molecule has 1 aromatic heterocycles. The first-order valence-electron chi connectivity index (χ1n) is 12.8. The van der Waals surface area contributed by atoms with Crippen LogP contribution in [0.5, 0.6) is 5.75 Å². The van der Waals surface area contributed by atoms with Crippen LogP contribution in [0, 0.1) is 5.82 Å². The molecule has 218 valence electrons. The number of carbonyl (C=O) groups excluding carboxylic acids is 2. The second-order valence-electron chi connectivity index (χ2n) is 10.7. The van der Waals surface area contributed by atoms with Crippen LogP contribution in [-0.4, -0.2) is 52.7 Å². The Hall–Kier alpha value is -3.51. The Bertz CT molecular complexity index is 1220. The van der Waals surface area contributed by atoms with Crippen LogP contribution >= 0.6 is 0 Å². The van der Waals surface area contributed by atoms with E-state index in [1.54, 1.807) is 6.07 Å². The number of rotatable bonds is 8. The van der Waals surface area contributed by atoms with E-state index in [-0.39, 0.29) is 29.4 Å². The van der Waals surface area contributed by atoms with Gasteiger partial charge in [-0.05, 0) is 76.8 Å². The first-order chi connectivity index (χ1) is 18.7. The van der Waals surface area contributed by atoms with Crippen molar-refractivity contribution >= 4 is 17.6 Å². The van der Waals surface area contributed by atoms with E-state index in [2.05, 4.69) is 15.2 Å². The number of ether oxygens (including phenoxy) is 1. The monoisotopic (exact) mass is 572 g/mol. The Morgan fingerprint density at radius 2 is 1.73 bits per heavy atom. The Kier molecular flexibility index (Phi) is 8.23. The van der Waals surface area contributed by atoms with Crippen LogP contribution in [0.2, 0.25) is 0 Å². The summed E-state index contributed by atoms with van der Waals surface area (Å²) in [5, 5.41) is 4.85. The minimum atomic E-state index is -4.56. The van der Waals surface area contributed by atoms with Crippen molar-refractivity contribution < 1.29 is 40.7 Å². The lowest BCUT2D eigenvalue weighted by molar-refractivity contribution is -0.149. The third-order valence-electron chi connectivity index (χ3n) is 7.30. The van der Waals surface area contributed by atoms with E-state index in [0.29, 0.717) is 24.7 Å². The summed E-state index contributed by atoms with van der Waals surface area (Å²) in [5.74, 6) is -1.91. The van der Waals surface area contributed by atoms with Crippen molar-refractivity contribution in [1.82, 2.24) is 15.6 Å². The van der Waals surface area contributed by atoms with Gasteiger partial charge in [-0.1, -0.05) is 0 Å². The number of piperidine rings is 1. The maximum atomic E-state index is 13.4. The fourth-order valence-corrected chi connectivity index (χ4v) is 5.17. The highest BCUT2D eigenvalue weighted by Crippen LogP contribution is 2.39. The van der Waals surface area contributed by atoms with Gasteiger partial charge in [0, 0.05) is 24.3 Å². The smallest absolute Gasteiger partial charge is 0.408 e. The Morgan fingerprint density at radius 3 is 2.27 bits per heavy atom. The molecule has 0 radical (unpaired) electrons. The van der Waals surface area contributed by atoms with Gasteiger partial charge in [-0.15, -0.1) is 0 Å². The molecule has 2 bridgehead atoms. The molecule has 7 nitrogen and oxygen atoms in total. The molecular formula is C27H30F6N4O3. The van der Waals surface area contributed by atoms with Gasteiger partial charge in [-0.2, -0.15) is 13.2 Å². The molecule has 40 heavy (non-hydrogen) atoms. The van der Waals surface area contributed by atoms with Gasteiger partial charge in [0.05, 0.1) is 11.1 Å². The van der Waals surface area contributed by atoms with Crippen LogP contribution in [0.15, 0.2) is 36.5 Å². The molecule has 1 aromatic carbocycles. The number of hydrogen-bond donors (Lipinski definition) is 2. The highest BCUT2D eigenvalue weighted by molar-refractivity contribution is 5.94. The topological polar surface area (TPSA) is 83.6 Å². The van der Waals surface area contributed by atoms with E-state index in [1.165, 1.54) is 26.1 Å². The fourth-order valence-electron chi connectivity index (χ4n) is 5.17. The fraction of sp³-hybridized carbons (Fsp3) is 0.519. The van der Waals surface area contributed by atoms with E-state index in [4.69, 9.17) is 4.74 Å². The summed E-state index contributed by atoms with van der Waals surface area (Å²) >= 11 is 0. The Balaban J connectivity index is 1.37. The molecule has 13 heteroatoms. The van der Waals surface area contributed by atoms with Crippen LogP contribution < -0.4 is 20.3 Å². The highest BCUT2D eigenvalue weighted by Gasteiger charge is 2.43. The molecule has 2 N–H and O–H groups in total. The molecule has 2 saturated heterocycles. The summed E-state index contributed by atoms with van der Waals surface area (Å²) < 4.78 is 84.0. The second-order valence-corrected chi connectivity index (χ2v) is 10.7. The number of nitrogens with one attached hydrogen (secondary N) is 2. The Morgan fingerprint density at radius 1 is 1.07 bits per heavy atom. The SMILES string of the molecule is C[C@H](NC(=O)c1ccc(N2[C@@H]3CC[C@H]2C[C@@H](NC(=O)C(C)(C)Oc2ccc(F)cc2C(F)F)C3)nc1)C(F)(F)F. The van der Waals surface area contributed by atoms with Crippen LogP contribution in [0.25, 0.3) is 0 Å². The molecule has 0 aliphatic carbocycles. The molecule has 2 aliphatic heterocycles. The van der Waals surface area contributed by atoms with Crippen LogP contribution in [0.4, 0.5) is 32.2 Å². The number of hydrogen-bond acceptors (Lipinski definition) is 5. The number of alkyl halides is 5. The van der Waals surface area contributed by atoms with Gasteiger partial charge in [-0.3, -0.25) is 9.59 Å². The predicted octanol–water partition coefficient (Wildman–Crippen LogP) is 5.31. The molecule has 0 spiro atoms. The van der Waals surface area contributed by atoms with Crippen LogP contribution in [0.3, 0.4) is 0 Å². The molecule has 0 saturated carbocycles. The lowest BCUT2D eigenvalue weighted by Gasteiger charge is -2.41. The van der Waals surface area contributed by atoms with E-state index >= 15 is 0 Å². The molecule has 4 atom stereocenters. The molecule has 2 aromatic rings. The average Bonchev–Trinajstić information content (AvgIpc) is 3.14. The van der Waals surface area contributed by atoms with Crippen LogP contribution in [0.1, 0.15) is 68.8 Å². The van der Waals surface area contributed by atoms with Gasteiger partial charge in [0.25, 0.3) is 18.2 Å². The summed E-state index contributed by atoms with van der Waals surface area (Å²) in [4.78, 5) is 31.7. The standard InChI is InChI=1S/C27H30F6N4O3/c1-14(27(31,32)33)35-24(38)15-4-9-22(34-13-15)37-18-6-7-19(37)12-17(11-18)36-25(39)26(2,3)40-21-8-5-16(28)10-20(21)23(29)30/h4-5,8-10,13-14,17-19,23H,6-7,11-12H2,1-3H3,(H,35,38)(H,36,39)/t14-,17-,18+,19-/m0/s1. The molecule has 2 fully saturated rings. The van der Waals surface area contributed by atoms with Gasteiger partial charge >= 0.3 is 6.18 Å². The molecular weight excluding hydrogens is 542 g/mol. The normalized spacial score (nSPS) is 21.8. The van der Waals surface area contributed by atoms with E-state index in [0.717, 1.165) is 31.9 Å². The minimum Gasteiger partial charge on any atom is -0.478 e. The minimum absolute atomic E-state index is 0.00716. The number of benzene rings is 1. The second kappa shape index (κ2) is 11.2. The van der Waals surface area contributed by atoms with Crippen molar-refractivity contribution in [3.63, 3.8) is 0 Å². The van der Waals surface area contributed by atoms with Gasteiger partial charge < -0.3 is 20.3 Å². The zero-order chi connectivity index (χ0) is 29.4. The zero-order valence-corrected chi connectivity index (χ0v) is 22.1. The number of pyridine rings is 1. The number of halogens is 6. The maximum Gasteiger partial charge on any atom is 0.408 e. The first-order valence-corrected chi connectivity index (χ1v) is 12.8. The summed E-state index contributed by atoms with van der Waals surface area (Å²) in [7, 11) is 0. The molecule has 2 aliphatic rings. The van der Waals surface area contributed by atoms with Crippen molar-refractivity contribution in [1.29, 1.82) is 0 Å². The number of fused-ring (bicyclic) bond motifs is 2. The Labute approximate surface area is 227 Å². The lowest BCUT2D eigenvalue weighted by atomic mass is 9.96. The largest absolute Gasteiger partial charge is 0.478 e. The third kappa shape index (κ3) is 6.44. The lowest BCUT2D eigenvalue weighted by Crippen LogP contribution is -2.55. The quantitative estimate of drug-likeness (QED) is 0.419. The van der Waals surface area contributed by atoms with Crippen molar-refractivity contribution in [3.8, 4) is 5.75 Å². The predicted molar refractivity (Wildman–Crippen MR) is 134 cm³/mol. The number of aromatic nitrogens is 1. The van der Waals surface area contributed by atoms with Gasteiger partial charge in [0.1, 0.15) is 23.4 Å². The number of anilines is 1. The molecule has 4 rings (SSSR count). The molecule has 3 heterocycles. The summed E-state index contributed by atoms with van der Waals surface area (Å²) in [6, 6.07) is 3.58. The van der Waals surface area contributed by atoms with Crippen molar-refractivity contribution in [2.75, 3.05) is 4.90 Å². The van der Waals surface area contributed by atoms with Crippen molar-refractivity contribution in [2.24, 2.45) is 0 Å². The van der Waals surface area contributed by atoms with E-state index < -0.39 is 47.4 Å². The third-order valence-corrected chi connectivity index (χ3v) is 7.30. The number of nitrogens with zero attached hydrogens (tertiary/aromatic N) is 2. The molecule has 0 unspecified atom stereocenters. The average molecular weight is 573 g/mol. The summed E-state index contributed by atoms with van der Waals surface area (Å²) in [6.07, 6.45) is -3.49. The number of amides is 2. The zero-order valence-electron chi connectivity index (χ0n) is 22.1. The summed E-state index contributed by atoms with van der Waals surface area (Å²) in [5.41, 5.74) is -2.15. The van der Waals surface area contributed by atoms with Crippen molar-refractivity contribution in [2.45, 2.75) is 88.8 Å². The highest BCUT2D eigenvalue weighted by atomic mass is 19.4. The summed E-state index contributed by atoms with van der Waals surface area (Å²) in [6.45, 7) is 3.75. The van der Waals surface area contributed by atoms with Crippen LogP contribution in [-0.2, 0) is 4.79 Å². The number of carbonyl (C=O) groups is 2. The van der Waals surface area contributed by atoms with Gasteiger partial charge in [-0.25, -0.2) is 18.2 Å². The van der Waals surface area contributed by atoms with Gasteiger partial charge in [0.15, 0.2) is 5.60 Å². The van der Waals surface area contributed by atoms with E-state index in [1.807, 2.05) is 5.32 Å².